The van der Waals surface area contributed by atoms with Gasteiger partial charge in [0.25, 0.3) is 0 Å². The minimum absolute atomic E-state index is 0.193. The van der Waals surface area contributed by atoms with Gasteiger partial charge in [0.15, 0.2) is 6.10 Å². The summed E-state index contributed by atoms with van der Waals surface area (Å²) in [5.74, 6) is -1.29. The van der Waals surface area contributed by atoms with E-state index in [9.17, 15) is 14.3 Å². The van der Waals surface area contributed by atoms with E-state index in [4.69, 9.17) is 4.74 Å². The molecule has 2 aromatic rings. The highest BCUT2D eigenvalue weighted by atomic mass is 19.1. The first-order valence-electron chi connectivity index (χ1n) is 6.58. The van der Waals surface area contributed by atoms with Gasteiger partial charge in [-0.15, -0.1) is 0 Å². The van der Waals surface area contributed by atoms with Gasteiger partial charge in [-0.05, 0) is 12.1 Å². The molecule has 1 unspecified atom stereocenters. The van der Waals surface area contributed by atoms with Gasteiger partial charge in [0.1, 0.15) is 11.6 Å². The van der Waals surface area contributed by atoms with E-state index in [1.54, 1.807) is 38.1 Å². The average molecular weight is 289 g/mol. The summed E-state index contributed by atoms with van der Waals surface area (Å²) in [4.78, 5) is 15.1. The molecule has 1 aromatic carbocycles. The summed E-state index contributed by atoms with van der Waals surface area (Å²) in [6, 6.07) is 8.26. The Morgan fingerprint density at radius 3 is 2.62 bits per heavy atom. The molecule has 5 heteroatoms. The maximum atomic E-state index is 13.3. The van der Waals surface area contributed by atoms with Crippen LogP contribution in [-0.2, 0) is 4.79 Å². The number of halogens is 1. The van der Waals surface area contributed by atoms with Crippen LogP contribution in [-0.4, -0.2) is 22.2 Å². The Bertz CT molecular complexity index is 643. The summed E-state index contributed by atoms with van der Waals surface area (Å²) < 4.78 is 18.9. The highest BCUT2D eigenvalue weighted by molar-refractivity contribution is 5.75. The molecule has 0 aliphatic heterocycles. The third kappa shape index (κ3) is 3.56. The molecule has 0 aliphatic rings. The molecule has 0 saturated heterocycles. The molecule has 21 heavy (non-hydrogen) atoms. The minimum atomic E-state index is -1.03. The number of hydrogen-bond donors (Lipinski definition) is 1. The Morgan fingerprint density at radius 2 is 2.00 bits per heavy atom. The maximum Gasteiger partial charge on any atom is 0.345 e. The van der Waals surface area contributed by atoms with Crippen molar-refractivity contribution in [2.45, 2.75) is 20.0 Å². The molecule has 1 aromatic heterocycles. The molecule has 0 amide bonds. The van der Waals surface area contributed by atoms with Crippen LogP contribution < -0.4 is 4.74 Å². The van der Waals surface area contributed by atoms with Crippen LogP contribution in [0.3, 0.4) is 0 Å². The molecule has 0 bridgehead atoms. The first-order chi connectivity index (χ1) is 9.99. The van der Waals surface area contributed by atoms with Gasteiger partial charge in [0.05, 0.1) is 6.20 Å². The average Bonchev–Trinajstić information content (AvgIpc) is 2.44. The van der Waals surface area contributed by atoms with Crippen molar-refractivity contribution in [2.24, 2.45) is 5.92 Å². The van der Waals surface area contributed by atoms with Gasteiger partial charge in [-0.25, -0.2) is 9.18 Å². The Labute approximate surface area is 122 Å². The number of benzene rings is 1. The number of carboxylic acids is 1. The van der Waals surface area contributed by atoms with Gasteiger partial charge in [0, 0.05) is 23.2 Å². The van der Waals surface area contributed by atoms with Crippen LogP contribution in [0.15, 0.2) is 42.7 Å². The van der Waals surface area contributed by atoms with Crippen molar-refractivity contribution in [3.05, 3.63) is 48.5 Å². The molecule has 1 N–H and O–H groups in total. The topological polar surface area (TPSA) is 59.4 Å². The zero-order valence-corrected chi connectivity index (χ0v) is 11.8. The van der Waals surface area contributed by atoms with Crippen LogP contribution in [0.2, 0.25) is 0 Å². The third-order valence-electron chi connectivity index (χ3n) is 3.01. The molecule has 0 fully saturated rings. The second-order valence-corrected chi connectivity index (χ2v) is 5.01. The number of carbonyl (C=O) groups is 1. The molecule has 0 saturated carbocycles. The standard InChI is InChI=1S/C16H16FNO3/c1-10(2)15(16(19)20)21-14-6-4-3-5-13(14)11-7-12(17)9-18-8-11/h3-10,15H,1-2H3,(H,19,20). The summed E-state index contributed by atoms with van der Waals surface area (Å²) in [6.45, 7) is 3.54. The second-order valence-electron chi connectivity index (χ2n) is 5.01. The number of pyridine rings is 1. The Morgan fingerprint density at radius 1 is 1.29 bits per heavy atom. The first-order valence-corrected chi connectivity index (χ1v) is 6.58. The van der Waals surface area contributed by atoms with Crippen LogP contribution in [0, 0.1) is 11.7 Å². The quantitative estimate of drug-likeness (QED) is 0.916. The molecule has 0 spiro atoms. The molecule has 2 rings (SSSR count). The fourth-order valence-electron chi connectivity index (χ4n) is 1.98. The van der Waals surface area contributed by atoms with Crippen molar-refractivity contribution >= 4 is 5.97 Å². The molecule has 4 nitrogen and oxygen atoms in total. The molecule has 1 heterocycles. The van der Waals surface area contributed by atoms with E-state index in [1.165, 1.54) is 12.3 Å². The predicted molar refractivity (Wildman–Crippen MR) is 76.5 cm³/mol. The lowest BCUT2D eigenvalue weighted by Crippen LogP contribution is -2.32. The number of nitrogens with zero attached hydrogens (tertiary/aromatic N) is 1. The third-order valence-corrected chi connectivity index (χ3v) is 3.01. The largest absolute Gasteiger partial charge is 0.478 e. The zero-order chi connectivity index (χ0) is 15.4. The van der Waals surface area contributed by atoms with Crippen molar-refractivity contribution in [1.29, 1.82) is 0 Å². The lowest BCUT2D eigenvalue weighted by molar-refractivity contribution is -0.147. The number of ether oxygens (including phenoxy) is 1. The van der Waals surface area contributed by atoms with Crippen LogP contribution in [0.1, 0.15) is 13.8 Å². The van der Waals surface area contributed by atoms with E-state index in [1.807, 2.05) is 0 Å². The van der Waals surface area contributed by atoms with E-state index in [2.05, 4.69) is 4.98 Å². The number of para-hydroxylation sites is 1. The van der Waals surface area contributed by atoms with Crippen LogP contribution in [0.4, 0.5) is 4.39 Å². The summed E-state index contributed by atoms with van der Waals surface area (Å²) in [6.07, 6.45) is 1.66. The molecule has 110 valence electrons. The van der Waals surface area contributed by atoms with Crippen molar-refractivity contribution in [2.75, 3.05) is 0 Å². The van der Waals surface area contributed by atoms with Gasteiger partial charge in [-0.1, -0.05) is 32.0 Å². The smallest absolute Gasteiger partial charge is 0.345 e. The molecule has 0 radical (unpaired) electrons. The SMILES string of the molecule is CC(C)C(Oc1ccccc1-c1cncc(F)c1)C(=O)O. The zero-order valence-electron chi connectivity index (χ0n) is 11.8. The van der Waals surface area contributed by atoms with Crippen molar-refractivity contribution < 1.29 is 19.0 Å². The van der Waals surface area contributed by atoms with E-state index in [-0.39, 0.29) is 5.92 Å². The van der Waals surface area contributed by atoms with Gasteiger partial charge in [-0.2, -0.15) is 0 Å². The number of aliphatic carboxylic acids is 1. The molecular formula is C16H16FNO3. The summed E-state index contributed by atoms with van der Waals surface area (Å²) in [5.41, 5.74) is 1.15. The number of carboxylic acid groups (broad SMARTS) is 1. The number of aromatic nitrogens is 1. The van der Waals surface area contributed by atoms with Crippen molar-refractivity contribution in [3.8, 4) is 16.9 Å². The lowest BCUT2D eigenvalue weighted by Gasteiger charge is -2.20. The minimum Gasteiger partial charge on any atom is -0.478 e. The fraction of sp³-hybridized carbons (Fsp3) is 0.250. The van der Waals surface area contributed by atoms with E-state index >= 15 is 0 Å². The van der Waals surface area contributed by atoms with Gasteiger partial charge < -0.3 is 9.84 Å². The van der Waals surface area contributed by atoms with Crippen LogP contribution in [0.5, 0.6) is 5.75 Å². The number of hydrogen-bond acceptors (Lipinski definition) is 3. The highest BCUT2D eigenvalue weighted by Gasteiger charge is 2.24. The van der Waals surface area contributed by atoms with Crippen molar-refractivity contribution in [3.63, 3.8) is 0 Å². The monoisotopic (exact) mass is 289 g/mol. The van der Waals surface area contributed by atoms with Crippen LogP contribution in [0.25, 0.3) is 11.1 Å². The molecule has 1 atom stereocenters. The maximum absolute atomic E-state index is 13.3. The van der Waals surface area contributed by atoms with Gasteiger partial charge in [-0.3, -0.25) is 4.98 Å². The second kappa shape index (κ2) is 6.35. The number of rotatable bonds is 5. The lowest BCUT2D eigenvalue weighted by atomic mass is 10.0. The van der Waals surface area contributed by atoms with Gasteiger partial charge >= 0.3 is 5.97 Å². The molecular weight excluding hydrogens is 273 g/mol. The Hall–Kier alpha value is -2.43. The first kappa shape index (κ1) is 15.0. The summed E-state index contributed by atoms with van der Waals surface area (Å²) >= 11 is 0. The molecule has 0 aliphatic carbocycles. The van der Waals surface area contributed by atoms with E-state index in [0.717, 1.165) is 6.20 Å². The highest BCUT2D eigenvalue weighted by Crippen LogP contribution is 2.31. The summed E-state index contributed by atoms with van der Waals surface area (Å²) in [7, 11) is 0. The summed E-state index contributed by atoms with van der Waals surface area (Å²) in [5, 5.41) is 9.21. The Balaban J connectivity index is 2.39. The fourth-order valence-corrected chi connectivity index (χ4v) is 1.98. The van der Waals surface area contributed by atoms with Gasteiger partial charge in [0.2, 0.25) is 0 Å². The van der Waals surface area contributed by atoms with Crippen molar-refractivity contribution in [1.82, 2.24) is 4.98 Å². The Kier molecular flexibility index (Phi) is 4.52. The normalized spacial score (nSPS) is 12.2. The van der Waals surface area contributed by atoms with E-state index in [0.29, 0.717) is 16.9 Å². The van der Waals surface area contributed by atoms with E-state index < -0.39 is 17.9 Å². The predicted octanol–water partition coefficient (Wildman–Crippen LogP) is 3.38. The van der Waals surface area contributed by atoms with Crippen LogP contribution >= 0.6 is 0 Å².